The molecular formula is C9H20N4O2. The molecule has 6 heteroatoms. The summed E-state index contributed by atoms with van der Waals surface area (Å²) in [6.07, 6.45) is 0. The first kappa shape index (κ1) is 13.8. The van der Waals surface area contributed by atoms with Gasteiger partial charge in [-0.25, -0.2) is 4.79 Å². The summed E-state index contributed by atoms with van der Waals surface area (Å²) in [5, 5.41) is 21.6. The van der Waals surface area contributed by atoms with Gasteiger partial charge in [0.25, 0.3) is 0 Å². The van der Waals surface area contributed by atoms with Gasteiger partial charge in [0.05, 0.1) is 12.6 Å². The zero-order chi connectivity index (χ0) is 11.9. The largest absolute Gasteiger partial charge is 0.395 e. The summed E-state index contributed by atoms with van der Waals surface area (Å²) < 4.78 is 0. The molecule has 0 rings (SSSR count). The van der Waals surface area contributed by atoms with E-state index in [-0.39, 0.29) is 25.2 Å². The number of rotatable bonds is 5. The minimum atomic E-state index is -0.732. The number of amides is 2. The number of hydrogen-bond acceptors (Lipinski definition) is 4. The Hall–Kier alpha value is -1.17. The van der Waals surface area contributed by atoms with E-state index in [1.807, 2.05) is 13.8 Å². The Morgan fingerprint density at radius 2 is 2.07 bits per heavy atom. The molecule has 6 nitrogen and oxygen atoms in total. The van der Waals surface area contributed by atoms with Crippen LogP contribution in [0.15, 0.2) is 10.2 Å². The van der Waals surface area contributed by atoms with E-state index in [4.69, 9.17) is 5.11 Å². The van der Waals surface area contributed by atoms with Gasteiger partial charge in [-0.05, 0) is 27.7 Å². The maximum atomic E-state index is 11.2. The van der Waals surface area contributed by atoms with Crippen molar-refractivity contribution in [3.8, 4) is 0 Å². The van der Waals surface area contributed by atoms with E-state index in [1.165, 1.54) is 0 Å². The Balaban J connectivity index is 4.07. The van der Waals surface area contributed by atoms with Gasteiger partial charge in [-0.1, -0.05) is 0 Å². The fourth-order valence-corrected chi connectivity index (χ4v) is 0.776. The number of azo groups is 1. The van der Waals surface area contributed by atoms with Crippen molar-refractivity contribution >= 4 is 6.03 Å². The van der Waals surface area contributed by atoms with Crippen LogP contribution in [0.2, 0.25) is 0 Å². The summed E-state index contributed by atoms with van der Waals surface area (Å²) >= 11 is 0. The van der Waals surface area contributed by atoms with Crippen molar-refractivity contribution in [1.29, 1.82) is 0 Å². The third kappa shape index (κ3) is 7.87. The number of aliphatic hydroxyl groups is 1. The minimum Gasteiger partial charge on any atom is -0.395 e. The molecule has 0 atom stereocenters. The van der Waals surface area contributed by atoms with Crippen LogP contribution in [0.4, 0.5) is 4.79 Å². The Morgan fingerprint density at radius 1 is 1.47 bits per heavy atom. The van der Waals surface area contributed by atoms with Gasteiger partial charge in [0.15, 0.2) is 0 Å². The average molecular weight is 216 g/mol. The molecule has 15 heavy (non-hydrogen) atoms. The fourth-order valence-electron chi connectivity index (χ4n) is 0.776. The summed E-state index contributed by atoms with van der Waals surface area (Å²) in [6.45, 7) is 7.45. The van der Waals surface area contributed by atoms with Crippen molar-refractivity contribution in [2.75, 3.05) is 13.2 Å². The standard InChI is InChI=1S/C9H20N4O2/c1-7(2)12-13-9(3,4)11-8(15)10-5-6-14/h7,14H,5-6H2,1-4H3,(H2,10,11,15). The quantitative estimate of drug-likeness (QED) is 0.596. The van der Waals surface area contributed by atoms with Crippen LogP contribution in [0.1, 0.15) is 27.7 Å². The molecule has 0 aromatic carbocycles. The molecule has 0 aliphatic heterocycles. The van der Waals surface area contributed by atoms with Gasteiger partial charge < -0.3 is 15.7 Å². The van der Waals surface area contributed by atoms with Crippen molar-refractivity contribution in [2.24, 2.45) is 10.2 Å². The fraction of sp³-hybridized carbons (Fsp3) is 0.889. The van der Waals surface area contributed by atoms with Gasteiger partial charge in [0, 0.05) is 6.54 Å². The lowest BCUT2D eigenvalue weighted by Crippen LogP contribution is -2.47. The van der Waals surface area contributed by atoms with Crippen LogP contribution in [0.25, 0.3) is 0 Å². The predicted octanol–water partition coefficient (Wildman–Crippen LogP) is 0.875. The highest BCUT2D eigenvalue weighted by molar-refractivity contribution is 5.74. The Bertz CT molecular complexity index is 226. The van der Waals surface area contributed by atoms with Crippen LogP contribution in [0.3, 0.4) is 0 Å². The lowest BCUT2D eigenvalue weighted by molar-refractivity contribution is 0.223. The van der Waals surface area contributed by atoms with E-state index < -0.39 is 5.66 Å². The van der Waals surface area contributed by atoms with Crippen molar-refractivity contribution in [3.63, 3.8) is 0 Å². The maximum Gasteiger partial charge on any atom is 0.316 e. The maximum absolute atomic E-state index is 11.2. The molecule has 0 radical (unpaired) electrons. The zero-order valence-corrected chi connectivity index (χ0v) is 9.74. The molecule has 0 aromatic heterocycles. The van der Waals surface area contributed by atoms with E-state index in [2.05, 4.69) is 20.9 Å². The second kappa shape index (κ2) is 6.34. The second-order valence-electron chi connectivity index (χ2n) is 3.97. The molecule has 0 aliphatic carbocycles. The number of carbonyl (C=O) groups excluding carboxylic acids is 1. The normalized spacial score (nSPS) is 12.1. The second-order valence-corrected chi connectivity index (χ2v) is 3.97. The molecule has 88 valence electrons. The van der Waals surface area contributed by atoms with Gasteiger partial charge in [-0.2, -0.15) is 10.2 Å². The minimum absolute atomic E-state index is 0.0820. The number of nitrogens with zero attached hydrogens (tertiary/aromatic N) is 2. The molecule has 3 N–H and O–H groups in total. The molecule has 0 fully saturated rings. The van der Waals surface area contributed by atoms with Crippen LogP contribution in [0, 0.1) is 0 Å². The summed E-state index contributed by atoms with van der Waals surface area (Å²) in [6, 6.07) is -0.261. The lowest BCUT2D eigenvalue weighted by Gasteiger charge is -2.20. The van der Waals surface area contributed by atoms with Crippen LogP contribution in [-0.4, -0.2) is 36.0 Å². The smallest absolute Gasteiger partial charge is 0.316 e. The number of nitrogens with one attached hydrogen (secondary N) is 2. The van der Waals surface area contributed by atoms with Gasteiger partial charge in [-0.3, -0.25) is 0 Å². The molecule has 0 saturated carbocycles. The Kier molecular flexibility index (Phi) is 5.84. The Labute approximate surface area is 90.2 Å². The van der Waals surface area contributed by atoms with Gasteiger partial charge in [-0.15, -0.1) is 0 Å². The SMILES string of the molecule is CC(C)N=NC(C)(C)NC(=O)NCCO. The van der Waals surface area contributed by atoms with Crippen LogP contribution in [-0.2, 0) is 0 Å². The molecule has 2 amide bonds. The molecule has 0 aliphatic rings. The molecule has 0 spiro atoms. The topological polar surface area (TPSA) is 86.1 Å². The summed E-state index contributed by atoms with van der Waals surface area (Å²) in [5.41, 5.74) is -0.732. The first-order chi connectivity index (χ1) is 6.87. The predicted molar refractivity (Wildman–Crippen MR) is 57.7 cm³/mol. The third-order valence-corrected chi connectivity index (χ3v) is 1.36. The van der Waals surface area contributed by atoms with Gasteiger partial charge >= 0.3 is 6.03 Å². The summed E-state index contributed by atoms with van der Waals surface area (Å²) in [4.78, 5) is 11.2. The van der Waals surface area contributed by atoms with Crippen molar-refractivity contribution in [1.82, 2.24) is 10.6 Å². The van der Waals surface area contributed by atoms with Crippen molar-refractivity contribution in [3.05, 3.63) is 0 Å². The van der Waals surface area contributed by atoms with E-state index in [1.54, 1.807) is 13.8 Å². The zero-order valence-electron chi connectivity index (χ0n) is 9.74. The molecular weight excluding hydrogens is 196 g/mol. The van der Waals surface area contributed by atoms with E-state index >= 15 is 0 Å². The van der Waals surface area contributed by atoms with Gasteiger partial charge in [0.1, 0.15) is 5.66 Å². The van der Waals surface area contributed by atoms with E-state index in [0.29, 0.717) is 0 Å². The number of aliphatic hydroxyl groups excluding tert-OH is 1. The third-order valence-electron chi connectivity index (χ3n) is 1.36. The molecule has 0 heterocycles. The van der Waals surface area contributed by atoms with Crippen LogP contribution in [0.5, 0.6) is 0 Å². The highest BCUT2D eigenvalue weighted by Gasteiger charge is 2.18. The highest BCUT2D eigenvalue weighted by atomic mass is 16.3. The highest BCUT2D eigenvalue weighted by Crippen LogP contribution is 2.05. The molecule has 0 saturated heterocycles. The molecule has 0 bridgehead atoms. The number of hydrogen-bond donors (Lipinski definition) is 3. The molecule has 0 unspecified atom stereocenters. The van der Waals surface area contributed by atoms with E-state index in [9.17, 15) is 4.79 Å². The monoisotopic (exact) mass is 216 g/mol. The van der Waals surface area contributed by atoms with E-state index in [0.717, 1.165) is 0 Å². The van der Waals surface area contributed by atoms with Crippen molar-refractivity contribution in [2.45, 2.75) is 39.4 Å². The lowest BCUT2D eigenvalue weighted by atomic mass is 10.3. The van der Waals surface area contributed by atoms with Crippen LogP contribution < -0.4 is 10.6 Å². The van der Waals surface area contributed by atoms with Crippen molar-refractivity contribution < 1.29 is 9.90 Å². The Morgan fingerprint density at radius 3 is 2.53 bits per heavy atom. The first-order valence-corrected chi connectivity index (χ1v) is 4.96. The summed E-state index contributed by atoms with van der Waals surface area (Å²) in [5.74, 6) is 0. The van der Waals surface area contributed by atoms with Crippen LogP contribution >= 0.6 is 0 Å². The summed E-state index contributed by atoms with van der Waals surface area (Å²) in [7, 11) is 0. The van der Waals surface area contributed by atoms with Gasteiger partial charge in [0.2, 0.25) is 0 Å². The number of urea groups is 1. The average Bonchev–Trinajstić information content (AvgIpc) is 2.11. The molecule has 0 aromatic rings. The number of carbonyl (C=O) groups is 1. The first-order valence-electron chi connectivity index (χ1n) is 4.96.